The Balaban J connectivity index is 1.31. The van der Waals surface area contributed by atoms with E-state index in [1.807, 2.05) is 5.38 Å². The van der Waals surface area contributed by atoms with E-state index in [0.29, 0.717) is 22.0 Å². The van der Waals surface area contributed by atoms with Crippen LogP contribution in [0.2, 0.25) is 0 Å². The van der Waals surface area contributed by atoms with Gasteiger partial charge in [0, 0.05) is 36.0 Å². The second-order valence-electron chi connectivity index (χ2n) is 7.16. The van der Waals surface area contributed by atoms with Crippen molar-refractivity contribution >= 4 is 28.0 Å². The Morgan fingerprint density at radius 1 is 1.09 bits per heavy atom. The molecule has 0 bridgehead atoms. The third kappa shape index (κ3) is 4.24. The number of hydrogen-bond donors (Lipinski definition) is 1. The fraction of sp³-hybridized carbons (Fsp3) is 0.0870. The number of anilines is 1. The number of amides is 1. The van der Waals surface area contributed by atoms with Crippen molar-refractivity contribution in [1.82, 2.24) is 14.4 Å². The molecule has 0 aliphatic carbocycles. The first-order valence-corrected chi connectivity index (χ1v) is 10.8. The second-order valence-corrected chi connectivity index (χ2v) is 8.04. The summed E-state index contributed by atoms with van der Waals surface area (Å²) in [4.78, 5) is 22.0. The molecule has 3 aromatic heterocycles. The Kier molecular flexibility index (Phi) is 5.43. The van der Waals surface area contributed by atoms with Gasteiger partial charge >= 0.3 is 0 Å². The summed E-state index contributed by atoms with van der Waals surface area (Å²) in [5.41, 5.74) is 1.28. The van der Waals surface area contributed by atoms with Gasteiger partial charge in [0.2, 0.25) is 5.91 Å². The molecule has 5 rings (SSSR count). The van der Waals surface area contributed by atoms with E-state index in [1.165, 1.54) is 35.7 Å². The van der Waals surface area contributed by atoms with Crippen LogP contribution in [0.25, 0.3) is 27.5 Å². The lowest BCUT2D eigenvalue weighted by Gasteiger charge is -2.07. The molecule has 0 aliphatic rings. The molecular formula is C23H15F3N4O2S. The van der Waals surface area contributed by atoms with E-state index in [9.17, 15) is 18.0 Å². The summed E-state index contributed by atoms with van der Waals surface area (Å²) in [6, 6.07) is 9.02. The van der Waals surface area contributed by atoms with Crippen LogP contribution >= 0.6 is 11.3 Å². The molecule has 0 radical (unpaired) electrons. The van der Waals surface area contributed by atoms with Crippen LogP contribution < -0.4 is 5.32 Å². The number of hydrogen-bond acceptors (Lipinski definition) is 5. The normalized spacial score (nSPS) is 11.2. The highest BCUT2D eigenvalue weighted by atomic mass is 32.1. The minimum Gasteiger partial charge on any atom is -0.441 e. The third-order valence-corrected chi connectivity index (χ3v) is 5.71. The van der Waals surface area contributed by atoms with Gasteiger partial charge in [-0.05, 0) is 36.4 Å². The summed E-state index contributed by atoms with van der Waals surface area (Å²) in [7, 11) is 0. The van der Waals surface area contributed by atoms with E-state index in [-0.39, 0.29) is 41.8 Å². The average molecular weight is 468 g/mol. The fourth-order valence-corrected chi connectivity index (χ4v) is 4.08. The predicted octanol–water partition coefficient (Wildman–Crippen LogP) is 5.71. The van der Waals surface area contributed by atoms with Crippen LogP contribution in [0, 0.1) is 17.5 Å². The minimum atomic E-state index is -0.760. The van der Waals surface area contributed by atoms with E-state index in [1.54, 1.807) is 22.7 Å². The molecule has 0 unspecified atom stereocenters. The summed E-state index contributed by atoms with van der Waals surface area (Å²) in [6.45, 7) is 0. The van der Waals surface area contributed by atoms with Crippen molar-refractivity contribution < 1.29 is 22.4 Å². The van der Waals surface area contributed by atoms with Gasteiger partial charge in [0.25, 0.3) is 0 Å². The maximum Gasteiger partial charge on any atom is 0.226 e. The lowest BCUT2D eigenvalue weighted by molar-refractivity contribution is -0.116. The van der Waals surface area contributed by atoms with E-state index < -0.39 is 11.6 Å². The lowest BCUT2D eigenvalue weighted by Crippen LogP contribution is -2.14. The Morgan fingerprint density at radius 2 is 1.88 bits per heavy atom. The number of nitrogens with zero attached hydrogens (tertiary/aromatic N) is 3. The monoisotopic (exact) mass is 468 g/mol. The van der Waals surface area contributed by atoms with E-state index in [0.717, 1.165) is 12.1 Å². The van der Waals surface area contributed by atoms with Crippen LogP contribution in [0.5, 0.6) is 0 Å². The van der Waals surface area contributed by atoms with E-state index in [2.05, 4.69) is 15.3 Å². The number of nitrogens with one attached hydrogen (secondary N) is 1. The Morgan fingerprint density at radius 3 is 2.67 bits per heavy atom. The van der Waals surface area contributed by atoms with Gasteiger partial charge in [-0.1, -0.05) is 0 Å². The summed E-state index contributed by atoms with van der Waals surface area (Å²) < 4.78 is 47.7. The van der Waals surface area contributed by atoms with Crippen LogP contribution in [-0.4, -0.2) is 20.3 Å². The molecule has 0 saturated heterocycles. The molecule has 0 atom stereocenters. The molecule has 0 aliphatic heterocycles. The SMILES string of the molecule is O=C(CCc1ncc(-c2ccc(F)cc2F)o1)Nc1c(-c2ccc(F)cc2)nc2sccn12. The molecule has 6 nitrogen and oxygen atoms in total. The van der Waals surface area contributed by atoms with Gasteiger partial charge in [0.05, 0.1) is 11.8 Å². The number of thiazole rings is 1. The molecule has 0 saturated carbocycles. The zero-order valence-corrected chi connectivity index (χ0v) is 17.7. The largest absolute Gasteiger partial charge is 0.441 e. The van der Waals surface area contributed by atoms with Gasteiger partial charge in [-0.15, -0.1) is 11.3 Å². The number of carbonyl (C=O) groups is 1. The van der Waals surface area contributed by atoms with Crippen molar-refractivity contribution in [2.75, 3.05) is 5.32 Å². The van der Waals surface area contributed by atoms with Gasteiger partial charge in [0.15, 0.2) is 16.6 Å². The Hall–Kier alpha value is -3.92. The number of benzene rings is 2. The number of fused-ring (bicyclic) bond motifs is 1. The topological polar surface area (TPSA) is 72.4 Å². The Labute approximate surface area is 189 Å². The summed E-state index contributed by atoms with van der Waals surface area (Å²) in [6.07, 6.45) is 3.34. The maximum absolute atomic E-state index is 14.0. The smallest absolute Gasteiger partial charge is 0.226 e. The average Bonchev–Trinajstić information content (AvgIpc) is 3.51. The molecular weight excluding hydrogens is 453 g/mol. The molecule has 2 aromatic carbocycles. The van der Waals surface area contributed by atoms with E-state index in [4.69, 9.17) is 4.42 Å². The van der Waals surface area contributed by atoms with Crippen molar-refractivity contribution in [3.8, 4) is 22.6 Å². The Bertz CT molecular complexity index is 1460. The highest BCUT2D eigenvalue weighted by molar-refractivity contribution is 7.15. The molecule has 10 heteroatoms. The standard InChI is InChI=1S/C23H15F3N4O2S/c24-14-3-1-13(2-4-14)21-22(30-9-10-33-23(30)29-21)28-19(31)7-8-20-27-12-18(32-20)16-6-5-15(25)11-17(16)26/h1-6,9-12H,7-8H2,(H,28,31). The quantitative estimate of drug-likeness (QED) is 0.347. The fourth-order valence-electron chi connectivity index (χ4n) is 3.37. The zero-order chi connectivity index (χ0) is 22.9. The molecule has 1 amide bonds. The third-order valence-electron chi connectivity index (χ3n) is 4.95. The van der Waals surface area contributed by atoms with Crippen molar-refractivity contribution in [2.24, 2.45) is 0 Å². The first kappa shape index (κ1) is 21.0. The number of rotatable bonds is 6. The predicted molar refractivity (Wildman–Crippen MR) is 117 cm³/mol. The molecule has 5 aromatic rings. The van der Waals surface area contributed by atoms with Crippen LogP contribution in [0.15, 0.2) is 64.7 Å². The van der Waals surface area contributed by atoms with Crippen LogP contribution in [-0.2, 0) is 11.2 Å². The van der Waals surface area contributed by atoms with Gasteiger partial charge in [0.1, 0.15) is 29.0 Å². The van der Waals surface area contributed by atoms with Crippen molar-refractivity contribution in [1.29, 1.82) is 0 Å². The summed E-state index contributed by atoms with van der Waals surface area (Å²) in [5.74, 6) is -1.25. The number of aryl methyl sites for hydroxylation is 1. The van der Waals surface area contributed by atoms with E-state index >= 15 is 0 Å². The number of halogens is 3. The number of imidazole rings is 1. The van der Waals surface area contributed by atoms with Crippen LogP contribution in [0.1, 0.15) is 12.3 Å². The lowest BCUT2D eigenvalue weighted by atomic mass is 10.1. The first-order chi connectivity index (χ1) is 16.0. The van der Waals surface area contributed by atoms with Gasteiger partial charge in [-0.25, -0.2) is 23.1 Å². The number of aromatic nitrogens is 3. The van der Waals surface area contributed by atoms with Crippen molar-refractivity contribution in [3.05, 3.63) is 83.6 Å². The number of carbonyl (C=O) groups excluding carboxylic acids is 1. The van der Waals surface area contributed by atoms with Crippen LogP contribution in [0.3, 0.4) is 0 Å². The first-order valence-electron chi connectivity index (χ1n) is 9.89. The molecule has 33 heavy (non-hydrogen) atoms. The molecule has 0 spiro atoms. The van der Waals surface area contributed by atoms with Crippen molar-refractivity contribution in [2.45, 2.75) is 12.8 Å². The van der Waals surface area contributed by atoms with Gasteiger partial charge < -0.3 is 9.73 Å². The van der Waals surface area contributed by atoms with Gasteiger partial charge in [-0.2, -0.15) is 0 Å². The number of oxazole rings is 1. The van der Waals surface area contributed by atoms with Crippen LogP contribution in [0.4, 0.5) is 19.0 Å². The second kappa shape index (κ2) is 8.55. The molecule has 1 N–H and O–H groups in total. The molecule has 0 fully saturated rings. The maximum atomic E-state index is 14.0. The molecule has 3 heterocycles. The van der Waals surface area contributed by atoms with Crippen molar-refractivity contribution in [3.63, 3.8) is 0 Å². The minimum absolute atomic E-state index is 0.0477. The highest BCUT2D eigenvalue weighted by Crippen LogP contribution is 2.31. The zero-order valence-electron chi connectivity index (χ0n) is 16.9. The summed E-state index contributed by atoms with van der Waals surface area (Å²) in [5, 5.41) is 4.70. The molecule has 166 valence electrons. The highest BCUT2D eigenvalue weighted by Gasteiger charge is 2.18. The summed E-state index contributed by atoms with van der Waals surface area (Å²) >= 11 is 1.41. The van der Waals surface area contributed by atoms with Gasteiger partial charge in [-0.3, -0.25) is 9.20 Å².